The molecule has 1 unspecified atom stereocenters. The summed E-state index contributed by atoms with van der Waals surface area (Å²) in [6, 6.07) is 9.83. The summed E-state index contributed by atoms with van der Waals surface area (Å²) in [6.07, 6.45) is 10.8. The van der Waals surface area contributed by atoms with Crippen molar-refractivity contribution in [3.63, 3.8) is 0 Å². The van der Waals surface area contributed by atoms with Crippen molar-refractivity contribution in [3.05, 3.63) is 41.5 Å². The summed E-state index contributed by atoms with van der Waals surface area (Å²) in [7, 11) is 0.413. The maximum absolute atomic E-state index is 12.7. The Kier molecular flexibility index (Phi) is 6.15. The van der Waals surface area contributed by atoms with Crippen LogP contribution >= 0.6 is 0 Å². The van der Waals surface area contributed by atoms with E-state index in [0.717, 1.165) is 6.04 Å². The van der Waals surface area contributed by atoms with Gasteiger partial charge in [0, 0.05) is 25.1 Å². The first-order valence-corrected chi connectivity index (χ1v) is 9.35. The van der Waals surface area contributed by atoms with Crippen LogP contribution in [0.25, 0.3) is 6.08 Å². The van der Waals surface area contributed by atoms with Crippen LogP contribution in [0.2, 0.25) is 6.04 Å². The molecule has 108 valence electrons. The first kappa shape index (κ1) is 16.9. The van der Waals surface area contributed by atoms with Crippen molar-refractivity contribution in [2.75, 3.05) is 7.05 Å². The molecule has 1 aromatic carbocycles. The Balaban J connectivity index is 0.00000161. The fourth-order valence-electron chi connectivity index (χ4n) is 3.51. The van der Waals surface area contributed by atoms with Crippen LogP contribution < -0.4 is 0 Å². The van der Waals surface area contributed by atoms with Crippen LogP contribution in [0.3, 0.4) is 0 Å². The zero-order chi connectivity index (χ0) is 13.9. The summed E-state index contributed by atoms with van der Waals surface area (Å²) in [5.41, 5.74) is 2.65. The smallest absolute Gasteiger partial charge is 0.377 e. The van der Waals surface area contributed by atoms with Gasteiger partial charge in [0.15, 0.2) is 0 Å². The normalized spacial score (nSPS) is 20.7. The Morgan fingerprint density at radius 1 is 1.19 bits per heavy atom. The predicted molar refractivity (Wildman–Crippen MR) is 84.1 cm³/mol. The van der Waals surface area contributed by atoms with E-state index >= 15 is 0 Å². The third-order valence-corrected chi connectivity index (χ3v) is 6.75. The zero-order valence-electron chi connectivity index (χ0n) is 12.7. The standard InChI is InChI=1S/C17H23NOSi.Ti/c1-18(16-8-3-2-4-9-16)20(19)13-15-12-11-14-7-5-6-10-17(14)15;/h5-7,10-12,15-16H,2-4,8-9,13H2,1H3;/q;+2. The van der Waals surface area contributed by atoms with Crippen molar-refractivity contribution < 1.29 is 26.2 Å². The Morgan fingerprint density at radius 2 is 1.90 bits per heavy atom. The van der Waals surface area contributed by atoms with Crippen LogP contribution in [0.1, 0.15) is 49.1 Å². The average Bonchev–Trinajstić information content (AvgIpc) is 2.91. The molecule has 2 aliphatic rings. The van der Waals surface area contributed by atoms with Crippen LogP contribution in [0.4, 0.5) is 0 Å². The minimum atomic E-state index is -1.66. The molecule has 4 heteroatoms. The van der Waals surface area contributed by atoms with Gasteiger partial charge in [0.05, 0.1) is 0 Å². The van der Waals surface area contributed by atoms with Crippen molar-refractivity contribution >= 4 is 14.9 Å². The molecular formula is C17H23NOSiTi+2. The minimum absolute atomic E-state index is 0. The summed E-state index contributed by atoms with van der Waals surface area (Å²) in [6.45, 7) is 0. The molecule has 3 rings (SSSR count). The Morgan fingerprint density at radius 3 is 2.67 bits per heavy atom. The van der Waals surface area contributed by atoms with Gasteiger partial charge >= 0.3 is 30.6 Å². The summed E-state index contributed by atoms with van der Waals surface area (Å²) >= 11 is 0. The molecule has 0 amide bonds. The number of fused-ring (bicyclic) bond motifs is 1. The van der Waals surface area contributed by atoms with Gasteiger partial charge in [-0.1, -0.05) is 55.7 Å². The van der Waals surface area contributed by atoms with Gasteiger partial charge in [0.1, 0.15) is 0 Å². The molecule has 0 bridgehead atoms. The van der Waals surface area contributed by atoms with Crippen LogP contribution in [0.5, 0.6) is 0 Å². The van der Waals surface area contributed by atoms with Gasteiger partial charge in [-0.2, -0.15) is 0 Å². The summed E-state index contributed by atoms with van der Waals surface area (Å²) in [4.78, 5) is 0. The second-order valence-electron chi connectivity index (χ2n) is 6.10. The van der Waals surface area contributed by atoms with Crippen LogP contribution in [-0.4, -0.2) is 26.5 Å². The third kappa shape index (κ3) is 3.82. The van der Waals surface area contributed by atoms with Gasteiger partial charge in [0.25, 0.3) is 0 Å². The molecule has 1 saturated carbocycles. The third-order valence-electron chi connectivity index (χ3n) is 4.81. The molecule has 0 radical (unpaired) electrons. The fourth-order valence-corrected chi connectivity index (χ4v) is 5.19. The van der Waals surface area contributed by atoms with Crippen LogP contribution in [0, 0.1) is 0 Å². The second kappa shape index (κ2) is 7.66. The topological polar surface area (TPSA) is 20.3 Å². The van der Waals surface area contributed by atoms with Crippen LogP contribution in [0.15, 0.2) is 30.3 Å². The van der Waals surface area contributed by atoms with E-state index in [4.69, 9.17) is 0 Å². The first-order valence-electron chi connectivity index (χ1n) is 7.78. The molecule has 2 nitrogen and oxygen atoms in total. The van der Waals surface area contributed by atoms with E-state index in [0.29, 0.717) is 12.0 Å². The van der Waals surface area contributed by atoms with Gasteiger partial charge < -0.3 is 9.03 Å². The largest absolute Gasteiger partial charge is 2.00 e. The van der Waals surface area contributed by atoms with Crippen LogP contribution in [-0.2, 0) is 26.2 Å². The Labute approximate surface area is 144 Å². The Hall–Kier alpha value is -0.509. The van der Waals surface area contributed by atoms with Crippen molar-refractivity contribution in [2.24, 2.45) is 0 Å². The van der Waals surface area contributed by atoms with Gasteiger partial charge in [-0.15, -0.1) is 0 Å². The predicted octanol–water partition coefficient (Wildman–Crippen LogP) is 3.98. The molecule has 1 aromatic rings. The molecule has 0 aromatic heterocycles. The number of allylic oxidation sites excluding steroid dienone is 1. The molecule has 1 atom stereocenters. The van der Waals surface area contributed by atoms with Crippen molar-refractivity contribution in [2.45, 2.75) is 50.1 Å². The van der Waals surface area contributed by atoms with E-state index in [9.17, 15) is 4.46 Å². The SMILES string of the molecule is CN(C1CCCCC1)[Si](=O)CC1C=Cc2ccccc21.[Ti+2]. The molecule has 21 heavy (non-hydrogen) atoms. The van der Waals surface area contributed by atoms with Gasteiger partial charge in [-0.05, 0) is 24.0 Å². The van der Waals surface area contributed by atoms with E-state index < -0.39 is 8.84 Å². The maximum atomic E-state index is 12.7. The number of hydrogen-bond donors (Lipinski definition) is 0. The number of nitrogens with zero attached hydrogens (tertiary/aromatic N) is 1. The molecule has 0 N–H and O–H groups in total. The number of rotatable bonds is 4. The quantitative estimate of drug-likeness (QED) is 0.777. The van der Waals surface area contributed by atoms with Crippen molar-refractivity contribution in [3.8, 4) is 0 Å². The van der Waals surface area contributed by atoms with Gasteiger partial charge in [0.2, 0.25) is 0 Å². The Bertz CT molecular complexity index is 525. The summed E-state index contributed by atoms with van der Waals surface area (Å²) < 4.78 is 14.9. The van der Waals surface area contributed by atoms with Gasteiger partial charge in [-0.25, -0.2) is 0 Å². The molecule has 0 spiro atoms. The van der Waals surface area contributed by atoms with Crippen molar-refractivity contribution in [1.29, 1.82) is 0 Å². The van der Waals surface area contributed by atoms with E-state index in [-0.39, 0.29) is 21.7 Å². The zero-order valence-corrected chi connectivity index (χ0v) is 15.3. The molecular weight excluding hydrogens is 310 g/mol. The second-order valence-corrected chi connectivity index (χ2v) is 8.00. The monoisotopic (exact) mass is 333 g/mol. The first-order chi connectivity index (χ1) is 9.75. The fraction of sp³-hybridized carbons (Fsp3) is 0.529. The number of hydrogen-bond acceptors (Lipinski definition) is 1. The molecule has 2 aliphatic carbocycles. The van der Waals surface area contributed by atoms with Crippen molar-refractivity contribution in [1.82, 2.24) is 4.57 Å². The molecule has 0 heterocycles. The summed E-state index contributed by atoms with van der Waals surface area (Å²) in [5.74, 6) is 0.351. The average molecular weight is 333 g/mol. The summed E-state index contributed by atoms with van der Waals surface area (Å²) in [5, 5.41) is 0. The van der Waals surface area contributed by atoms with E-state index in [2.05, 4.69) is 48.0 Å². The van der Waals surface area contributed by atoms with E-state index in [1.54, 1.807) is 0 Å². The molecule has 0 saturated heterocycles. The van der Waals surface area contributed by atoms with E-state index in [1.807, 2.05) is 0 Å². The van der Waals surface area contributed by atoms with Gasteiger partial charge in [-0.3, -0.25) is 0 Å². The molecule has 0 aliphatic heterocycles. The molecule has 1 fully saturated rings. The van der Waals surface area contributed by atoms with E-state index in [1.165, 1.54) is 43.2 Å². The number of benzene rings is 1. The minimum Gasteiger partial charge on any atom is -0.377 e. The maximum Gasteiger partial charge on any atom is 2.00 e.